The van der Waals surface area contributed by atoms with E-state index in [0.29, 0.717) is 0 Å². The van der Waals surface area contributed by atoms with E-state index in [1.54, 1.807) is 0 Å². The number of aryl methyl sites for hydroxylation is 1. The molecule has 1 saturated carbocycles. The molecule has 1 aromatic carbocycles. The summed E-state index contributed by atoms with van der Waals surface area (Å²) < 4.78 is 6.06. The van der Waals surface area contributed by atoms with Crippen LogP contribution in [0.15, 0.2) is 18.2 Å². The van der Waals surface area contributed by atoms with Gasteiger partial charge in [0.2, 0.25) is 0 Å². The van der Waals surface area contributed by atoms with Gasteiger partial charge in [0.1, 0.15) is 14.4 Å². The first kappa shape index (κ1) is 19.7. The molecule has 23 heavy (non-hydrogen) atoms. The lowest BCUT2D eigenvalue weighted by molar-refractivity contribution is -0.0147. The fraction of sp³-hybridized carbons (Fsp3) is 0.550. The second-order valence-corrected chi connectivity index (χ2v) is 12.2. The summed E-state index contributed by atoms with van der Waals surface area (Å²) in [6.45, 7) is 12.7. The van der Waals surface area contributed by atoms with Crippen LogP contribution in [0.1, 0.15) is 55.1 Å². The standard InChI is InChI=1S/C15H20O2.C5H10Si/c1-4-13-9-12(10-16)5-6-14(13)15(7-8-15)17-11(2)3;1-5-6(2,3)4/h5-6,9-11H,4,7-8H2,1-3H3;1H,2-4H3. The van der Waals surface area contributed by atoms with Crippen molar-refractivity contribution in [3.8, 4) is 12.0 Å². The minimum Gasteiger partial charge on any atom is -0.368 e. The number of ether oxygens (including phenoxy) is 1. The molecule has 2 nitrogen and oxygen atoms in total. The molecule has 0 heterocycles. The van der Waals surface area contributed by atoms with Gasteiger partial charge in [-0.3, -0.25) is 4.79 Å². The van der Waals surface area contributed by atoms with E-state index in [1.165, 1.54) is 11.1 Å². The molecule has 1 aliphatic rings. The third-order valence-electron chi connectivity index (χ3n) is 3.74. The van der Waals surface area contributed by atoms with Gasteiger partial charge in [0, 0.05) is 5.56 Å². The topological polar surface area (TPSA) is 26.3 Å². The molecule has 0 spiro atoms. The molecule has 0 aliphatic heterocycles. The van der Waals surface area contributed by atoms with Gasteiger partial charge in [-0.05, 0) is 50.3 Å². The molecule has 0 amide bonds. The average molecular weight is 331 g/mol. The number of hydrogen-bond acceptors (Lipinski definition) is 2. The van der Waals surface area contributed by atoms with Gasteiger partial charge in [0.15, 0.2) is 0 Å². The minimum atomic E-state index is -1.10. The van der Waals surface area contributed by atoms with Crippen molar-refractivity contribution in [2.45, 2.75) is 71.4 Å². The van der Waals surface area contributed by atoms with Crippen LogP contribution in [0.2, 0.25) is 19.6 Å². The van der Waals surface area contributed by atoms with Gasteiger partial charge < -0.3 is 4.74 Å². The quantitative estimate of drug-likeness (QED) is 0.433. The smallest absolute Gasteiger partial charge is 0.150 e. The number of terminal acetylenes is 1. The molecule has 0 atom stereocenters. The summed E-state index contributed by atoms with van der Waals surface area (Å²) in [4.78, 5) is 10.8. The van der Waals surface area contributed by atoms with Crippen LogP contribution in [0.5, 0.6) is 0 Å². The Balaban J connectivity index is 0.000000379. The number of carbonyl (C=O) groups excluding carboxylic acids is 1. The largest absolute Gasteiger partial charge is 0.368 e. The van der Waals surface area contributed by atoms with E-state index < -0.39 is 8.07 Å². The van der Waals surface area contributed by atoms with Crippen molar-refractivity contribution < 1.29 is 9.53 Å². The van der Waals surface area contributed by atoms with Crippen LogP contribution in [0.4, 0.5) is 0 Å². The van der Waals surface area contributed by atoms with Crippen molar-refractivity contribution in [3.05, 3.63) is 34.9 Å². The first-order valence-electron chi connectivity index (χ1n) is 8.41. The maximum Gasteiger partial charge on any atom is 0.150 e. The lowest BCUT2D eigenvalue weighted by Crippen LogP contribution is -2.19. The minimum absolute atomic E-state index is 0.0685. The molecule has 1 aliphatic carbocycles. The van der Waals surface area contributed by atoms with Gasteiger partial charge in [-0.25, -0.2) is 0 Å². The van der Waals surface area contributed by atoms with E-state index in [1.807, 2.05) is 12.1 Å². The van der Waals surface area contributed by atoms with Crippen LogP contribution in [-0.4, -0.2) is 20.5 Å². The Morgan fingerprint density at radius 2 is 1.91 bits per heavy atom. The molecule has 1 fully saturated rings. The highest BCUT2D eigenvalue weighted by Gasteiger charge is 2.47. The lowest BCUT2D eigenvalue weighted by Gasteiger charge is -2.22. The maximum absolute atomic E-state index is 10.8. The molecule has 0 N–H and O–H groups in total. The summed E-state index contributed by atoms with van der Waals surface area (Å²) in [6.07, 6.45) is 9.41. The van der Waals surface area contributed by atoms with Crippen molar-refractivity contribution in [3.63, 3.8) is 0 Å². The first-order chi connectivity index (χ1) is 10.7. The van der Waals surface area contributed by atoms with E-state index in [-0.39, 0.29) is 11.7 Å². The van der Waals surface area contributed by atoms with Crippen molar-refractivity contribution in [1.82, 2.24) is 0 Å². The van der Waals surface area contributed by atoms with Gasteiger partial charge in [0.25, 0.3) is 0 Å². The summed E-state index contributed by atoms with van der Waals surface area (Å²) >= 11 is 0. The number of hydrogen-bond donors (Lipinski definition) is 0. The monoisotopic (exact) mass is 330 g/mol. The van der Waals surface area contributed by atoms with Crippen LogP contribution >= 0.6 is 0 Å². The maximum atomic E-state index is 10.8. The molecule has 0 saturated heterocycles. The lowest BCUT2D eigenvalue weighted by atomic mass is 9.96. The number of benzene rings is 1. The molecular formula is C20H30O2Si. The highest BCUT2D eigenvalue weighted by Crippen LogP contribution is 2.51. The van der Waals surface area contributed by atoms with Gasteiger partial charge in [-0.15, -0.1) is 12.0 Å². The molecular weight excluding hydrogens is 300 g/mol. The molecule has 1 aromatic rings. The highest BCUT2D eigenvalue weighted by molar-refractivity contribution is 6.83. The van der Waals surface area contributed by atoms with E-state index in [4.69, 9.17) is 11.2 Å². The van der Waals surface area contributed by atoms with Gasteiger partial charge in [-0.1, -0.05) is 38.7 Å². The Hall–Kier alpha value is -1.37. The van der Waals surface area contributed by atoms with Crippen LogP contribution in [0.3, 0.4) is 0 Å². The third-order valence-corrected chi connectivity index (χ3v) is 4.60. The Kier molecular flexibility index (Phi) is 6.79. The van der Waals surface area contributed by atoms with E-state index >= 15 is 0 Å². The highest BCUT2D eigenvalue weighted by atomic mass is 28.3. The number of rotatable bonds is 5. The van der Waals surface area contributed by atoms with Crippen molar-refractivity contribution in [1.29, 1.82) is 0 Å². The van der Waals surface area contributed by atoms with Crippen molar-refractivity contribution in [2.24, 2.45) is 0 Å². The summed E-state index contributed by atoms with van der Waals surface area (Å²) in [6, 6.07) is 5.95. The number of carbonyl (C=O) groups is 1. The molecule has 0 radical (unpaired) electrons. The van der Waals surface area contributed by atoms with E-state index in [2.05, 4.69) is 52.0 Å². The molecule has 0 unspecified atom stereocenters. The first-order valence-corrected chi connectivity index (χ1v) is 11.9. The zero-order chi connectivity index (χ0) is 17.7. The molecule has 0 aromatic heterocycles. The molecule has 126 valence electrons. The second kappa shape index (κ2) is 7.94. The summed E-state index contributed by atoms with van der Waals surface area (Å²) in [5.74, 6) is 0. The zero-order valence-electron chi connectivity index (χ0n) is 15.4. The summed E-state index contributed by atoms with van der Waals surface area (Å²) in [5.41, 5.74) is 5.95. The fourth-order valence-corrected chi connectivity index (χ4v) is 2.44. The molecule has 0 bridgehead atoms. The van der Waals surface area contributed by atoms with E-state index in [0.717, 1.165) is 31.1 Å². The normalized spacial score (nSPS) is 15.4. The Bertz CT molecular complexity index is 572. The van der Waals surface area contributed by atoms with Gasteiger partial charge >= 0.3 is 0 Å². The Morgan fingerprint density at radius 3 is 2.26 bits per heavy atom. The SMILES string of the molecule is C#C[Si](C)(C)C.CCc1cc(C=O)ccc1C1(OC(C)C)CC1. The fourth-order valence-electron chi connectivity index (χ4n) is 2.44. The Morgan fingerprint density at radius 1 is 1.35 bits per heavy atom. The number of aldehydes is 1. The Labute approximate surface area is 142 Å². The van der Waals surface area contributed by atoms with Crippen molar-refractivity contribution in [2.75, 3.05) is 0 Å². The van der Waals surface area contributed by atoms with Gasteiger partial charge in [0.05, 0.1) is 11.7 Å². The van der Waals surface area contributed by atoms with Crippen molar-refractivity contribution >= 4 is 14.4 Å². The zero-order valence-corrected chi connectivity index (χ0v) is 16.4. The van der Waals surface area contributed by atoms with Crippen LogP contribution in [0, 0.1) is 12.0 Å². The van der Waals surface area contributed by atoms with Crippen LogP contribution < -0.4 is 0 Å². The predicted molar refractivity (Wildman–Crippen MR) is 101 cm³/mol. The van der Waals surface area contributed by atoms with Gasteiger partial charge in [-0.2, -0.15) is 0 Å². The molecule has 3 heteroatoms. The predicted octanol–water partition coefficient (Wildman–Crippen LogP) is 4.97. The van der Waals surface area contributed by atoms with E-state index in [9.17, 15) is 4.79 Å². The van der Waals surface area contributed by atoms with Crippen LogP contribution in [-0.2, 0) is 16.8 Å². The second-order valence-electron chi connectivity index (χ2n) is 7.44. The van der Waals surface area contributed by atoms with Crippen LogP contribution in [0.25, 0.3) is 0 Å². The summed E-state index contributed by atoms with van der Waals surface area (Å²) in [5, 5.41) is 0. The average Bonchev–Trinajstić information content (AvgIpc) is 3.26. The summed E-state index contributed by atoms with van der Waals surface area (Å²) in [7, 11) is -1.10. The molecule has 2 rings (SSSR count). The third kappa shape index (κ3) is 5.97.